The van der Waals surface area contributed by atoms with E-state index in [1.54, 1.807) is 24.3 Å². The number of halogens is 2. The van der Waals surface area contributed by atoms with Crippen LogP contribution in [-0.4, -0.2) is 52.7 Å². The quantitative estimate of drug-likeness (QED) is 0.307. The maximum atomic E-state index is 12.4. The van der Waals surface area contributed by atoms with Crippen molar-refractivity contribution >= 4 is 56.4 Å². The Morgan fingerprint density at radius 1 is 1.06 bits per heavy atom. The predicted molar refractivity (Wildman–Crippen MR) is 123 cm³/mol. The highest BCUT2D eigenvalue weighted by Crippen LogP contribution is 2.18. The van der Waals surface area contributed by atoms with Crippen LogP contribution < -0.4 is 10.6 Å². The molecular weight excluding hydrogens is 493 g/mol. The molecule has 0 fully saturated rings. The van der Waals surface area contributed by atoms with Crippen molar-refractivity contribution in [1.29, 1.82) is 0 Å². The molecule has 0 bridgehead atoms. The van der Waals surface area contributed by atoms with Crippen LogP contribution in [0.1, 0.15) is 15.9 Å². The van der Waals surface area contributed by atoms with Crippen LogP contribution in [0.15, 0.2) is 53.8 Å². The van der Waals surface area contributed by atoms with E-state index in [0.717, 1.165) is 12.6 Å². The Kier molecular flexibility index (Phi) is 7.46. The van der Waals surface area contributed by atoms with Gasteiger partial charge in [-0.2, -0.15) is 0 Å². The first-order valence-electron chi connectivity index (χ1n) is 9.26. The number of nitrogens with one attached hydrogen (secondary N) is 2. The lowest BCUT2D eigenvalue weighted by atomic mass is 10.1. The molecule has 2 aromatic heterocycles. The van der Waals surface area contributed by atoms with Gasteiger partial charge in [-0.05, 0) is 29.8 Å². The topological polar surface area (TPSA) is 151 Å². The van der Waals surface area contributed by atoms with Gasteiger partial charge in [-0.25, -0.2) is 28.2 Å². The SMILES string of the molecule is CS(=O)(=O)c1cc(N[C@@H](Cc2ccc(NC(=O)c3cc(Cl)nc(Cl)c3)cc2)C(=O)O)ncn1. The zero-order chi connectivity index (χ0) is 24.2. The third-order valence-electron chi connectivity index (χ3n) is 4.32. The van der Waals surface area contributed by atoms with Crippen LogP contribution in [0.3, 0.4) is 0 Å². The number of aliphatic carboxylic acids is 1. The number of carboxylic acid groups (broad SMARTS) is 1. The number of rotatable bonds is 8. The summed E-state index contributed by atoms with van der Waals surface area (Å²) in [6, 6.07) is 9.37. The minimum atomic E-state index is -3.57. The fourth-order valence-electron chi connectivity index (χ4n) is 2.76. The van der Waals surface area contributed by atoms with Crippen LogP contribution in [0, 0.1) is 0 Å². The number of anilines is 2. The molecule has 0 unspecified atom stereocenters. The van der Waals surface area contributed by atoms with Crippen LogP contribution in [0.25, 0.3) is 0 Å². The molecule has 2 heterocycles. The Labute approximate surface area is 198 Å². The highest BCUT2D eigenvalue weighted by molar-refractivity contribution is 7.90. The second-order valence-corrected chi connectivity index (χ2v) is 9.64. The van der Waals surface area contributed by atoms with Crippen molar-refractivity contribution in [2.45, 2.75) is 17.5 Å². The van der Waals surface area contributed by atoms with Gasteiger partial charge >= 0.3 is 5.97 Å². The van der Waals surface area contributed by atoms with Crippen LogP contribution in [0.4, 0.5) is 11.5 Å². The normalized spacial score (nSPS) is 12.1. The number of hydrogen-bond donors (Lipinski definition) is 3. The number of benzene rings is 1. The number of carboxylic acids is 1. The van der Waals surface area contributed by atoms with Gasteiger partial charge in [0.05, 0.1) is 0 Å². The summed E-state index contributed by atoms with van der Waals surface area (Å²) in [5.74, 6) is -1.53. The summed E-state index contributed by atoms with van der Waals surface area (Å²) in [7, 11) is -3.57. The molecule has 13 heteroatoms. The zero-order valence-electron chi connectivity index (χ0n) is 17.0. The monoisotopic (exact) mass is 509 g/mol. The zero-order valence-corrected chi connectivity index (χ0v) is 19.3. The molecule has 33 heavy (non-hydrogen) atoms. The largest absolute Gasteiger partial charge is 0.480 e. The highest BCUT2D eigenvalue weighted by Gasteiger charge is 2.20. The van der Waals surface area contributed by atoms with E-state index in [1.165, 1.54) is 18.2 Å². The summed E-state index contributed by atoms with van der Waals surface area (Å²) < 4.78 is 23.3. The maximum Gasteiger partial charge on any atom is 0.326 e. The molecule has 0 aliphatic heterocycles. The van der Waals surface area contributed by atoms with Gasteiger partial charge in [-0.3, -0.25) is 4.79 Å². The van der Waals surface area contributed by atoms with E-state index in [4.69, 9.17) is 23.2 Å². The average molecular weight is 510 g/mol. The summed E-state index contributed by atoms with van der Waals surface area (Å²) in [5.41, 5.74) is 1.36. The number of aromatic nitrogens is 3. The van der Waals surface area contributed by atoms with Crippen molar-refractivity contribution in [3.05, 3.63) is 70.2 Å². The fourth-order valence-corrected chi connectivity index (χ4v) is 3.78. The minimum Gasteiger partial charge on any atom is -0.480 e. The number of carbonyl (C=O) groups excluding carboxylic acids is 1. The van der Waals surface area contributed by atoms with Crippen molar-refractivity contribution in [3.8, 4) is 0 Å². The third kappa shape index (κ3) is 6.85. The smallest absolute Gasteiger partial charge is 0.326 e. The lowest BCUT2D eigenvalue weighted by Gasteiger charge is -2.16. The molecule has 10 nitrogen and oxygen atoms in total. The molecule has 0 saturated heterocycles. The Morgan fingerprint density at radius 2 is 1.70 bits per heavy atom. The summed E-state index contributed by atoms with van der Waals surface area (Å²) in [4.78, 5) is 35.4. The van der Waals surface area contributed by atoms with Crippen molar-refractivity contribution in [1.82, 2.24) is 15.0 Å². The summed E-state index contributed by atoms with van der Waals surface area (Å²) in [5, 5.41) is 14.9. The standard InChI is InChI=1S/C20H17Cl2N5O5S/c1-33(31,32)18-9-17(23-10-24-18)26-14(20(29)30)6-11-2-4-13(5-3-11)25-19(28)12-7-15(21)27-16(22)8-12/h2-5,7-10,14H,6H2,1H3,(H,25,28)(H,29,30)(H,23,24,26)/t14-/m0/s1. The van der Waals surface area contributed by atoms with E-state index in [9.17, 15) is 23.1 Å². The van der Waals surface area contributed by atoms with Gasteiger partial charge < -0.3 is 15.7 Å². The van der Waals surface area contributed by atoms with Gasteiger partial charge in [-0.15, -0.1) is 0 Å². The van der Waals surface area contributed by atoms with Crippen molar-refractivity contribution in [3.63, 3.8) is 0 Å². The summed E-state index contributed by atoms with van der Waals surface area (Å²) in [6.45, 7) is 0. The van der Waals surface area contributed by atoms with E-state index in [-0.39, 0.29) is 33.1 Å². The minimum absolute atomic E-state index is 0.0661. The van der Waals surface area contributed by atoms with Crippen molar-refractivity contribution in [2.75, 3.05) is 16.9 Å². The Morgan fingerprint density at radius 3 is 2.27 bits per heavy atom. The Bertz CT molecular complexity index is 1280. The number of hydrogen-bond acceptors (Lipinski definition) is 8. The average Bonchev–Trinajstić information content (AvgIpc) is 2.73. The molecule has 0 spiro atoms. The van der Waals surface area contributed by atoms with Crippen LogP contribution in [0.2, 0.25) is 10.3 Å². The number of pyridine rings is 1. The van der Waals surface area contributed by atoms with Crippen LogP contribution in [0.5, 0.6) is 0 Å². The summed E-state index contributed by atoms with van der Waals surface area (Å²) in [6.07, 6.45) is 2.10. The third-order valence-corrected chi connectivity index (χ3v) is 5.69. The van der Waals surface area contributed by atoms with Gasteiger partial charge in [-0.1, -0.05) is 35.3 Å². The van der Waals surface area contributed by atoms with E-state index >= 15 is 0 Å². The Balaban J connectivity index is 1.69. The molecule has 1 amide bonds. The number of sulfone groups is 1. The number of carbonyl (C=O) groups is 2. The maximum absolute atomic E-state index is 12.4. The molecular formula is C20H17Cl2N5O5S. The molecule has 1 aromatic carbocycles. The lowest BCUT2D eigenvalue weighted by Crippen LogP contribution is -2.32. The number of nitrogens with zero attached hydrogens (tertiary/aromatic N) is 3. The molecule has 0 radical (unpaired) electrons. The molecule has 3 N–H and O–H groups in total. The van der Waals surface area contributed by atoms with Gasteiger partial charge in [0.15, 0.2) is 14.9 Å². The fraction of sp³-hybridized carbons (Fsp3) is 0.150. The summed E-state index contributed by atoms with van der Waals surface area (Å²) >= 11 is 11.6. The predicted octanol–water partition coefficient (Wildman–Crippen LogP) is 2.94. The van der Waals surface area contributed by atoms with E-state index < -0.39 is 27.8 Å². The first kappa shape index (κ1) is 24.4. The van der Waals surface area contributed by atoms with Gasteiger partial charge in [0.25, 0.3) is 5.91 Å². The molecule has 0 aliphatic carbocycles. The molecule has 0 aliphatic rings. The van der Waals surface area contributed by atoms with Gasteiger partial charge in [0.2, 0.25) is 0 Å². The van der Waals surface area contributed by atoms with E-state index in [2.05, 4.69) is 25.6 Å². The van der Waals surface area contributed by atoms with E-state index in [0.29, 0.717) is 11.3 Å². The molecule has 1 atom stereocenters. The first-order chi connectivity index (χ1) is 15.5. The molecule has 0 saturated carbocycles. The second-order valence-electron chi connectivity index (χ2n) is 6.91. The molecule has 3 aromatic rings. The van der Waals surface area contributed by atoms with Crippen LogP contribution in [-0.2, 0) is 21.1 Å². The van der Waals surface area contributed by atoms with Crippen LogP contribution >= 0.6 is 23.2 Å². The molecule has 3 rings (SSSR count). The first-order valence-corrected chi connectivity index (χ1v) is 11.9. The number of amides is 1. The van der Waals surface area contributed by atoms with E-state index in [1.807, 2.05) is 0 Å². The second kappa shape index (κ2) is 10.1. The highest BCUT2D eigenvalue weighted by atomic mass is 35.5. The van der Waals surface area contributed by atoms with Crippen molar-refractivity contribution < 1.29 is 23.1 Å². The van der Waals surface area contributed by atoms with Crippen molar-refractivity contribution in [2.24, 2.45) is 0 Å². The Hall–Kier alpha value is -3.28. The van der Waals surface area contributed by atoms with Gasteiger partial charge in [0, 0.05) is 30.0 Å². The lowest BCUT2D eigenvalue weighted by molar-refractivity contribution is -0.137. The molecule has 172 valence electrons. The van der Waals surface area contributed by atoms with Gasteiger partial charge in [0.1, 0.15) is 28.5 Å².